The number of aromatic nitrogens is 4. The van der Waals surface area contributed by atoms with Crippen molar-refractivity contribution in [3.05, 3.63) is 36.2 Å². The van der Waals surface area contributed by atoms with Crippen molar-refractivity contribution in [2.45, 2.75) is 63.6 Å². The Morgan fingerprint density at radius 2 is 2.03 bits per heavy atom. The monoisotopic (exact) mass is 428 g/mol. The molecule has 0 amide bonds. The number of piperidine rings is 1. The number of nitriles is 1. The van der Waals surface area contributed by atoms with Gasteiger partial charge < -0.3 is 10.6 Å². The SMILES string of the molecule is Cc1cc(Nc2cc3ncccc3c(NC3C[C@H]4CC[C@@H](C3)N4CC3(C#N)CC3)n2)n[nH]1. The Morgan fingerprint density at radius 1 is 1.22 bits per heavy atom. The standard InChI is InChI=1S/C24H28N8/c1-15-9-22(31-30-15)28-21-12-20-19(3-2-8-26-20)23(29-21)27-16-10-17-4-5-18(11-16)32(17)14-24(13-25)6-7-24/h2-3,8-9,12,16-18H,4-7,10-11,14H2,1H3,(H3,27,28,29,30,31)/t16?,17-,18+. The summed E-state index contributed by atoms with van der Waals surface area (Å²) in [5.41, 5.74) is 1.84. The molecule has 3 N–H and O–H groups in total. The van der Waals surface area contributed by atoms with Crippen LogP contribution in [0.1, 0.15) is 44.2 Å². The third kappa shape index (κ3) is 3.56. The molecule has 32 heavy (non-hydrogen) atoms. The zero-order valence-corrected chi connectivity index (χ0v) is 18.3. The number of anilines is 3. The van der Waals surface area contributed by atoms with E-state index in [1.807, 2.05) is 31.3 Å². The lowest BCUT2D eigenvalue weighted by molar-refractivity contribution is 0.116. The fourth-order valence-corrected chi connectivity index (χ4v) is 5.51. The first kappa shape index (κ1) is 19.5. The maximum atomic E-state index is 9.55. The van der Waals surface area contributed by atoms with Crippen LogP contribution in [0.3, 0.4) is 0 Å². The molecule has 3 aromatic rings. The Balaban J connectivity index is 1.23. The van der Waals surface area contributed by atoms with Crippen LogP contribution in [0.15, 0.2) is 30.5 Å². The predicted molar refractivity (Wildman–Crippen MR) is 124 cm³/mol. The van der Waals surface area contributed by atoms with Crippen molar-refractivity contribution in [3.63, 3.8) is 0 Å². The van der Waals surface area contributed by atoms with Crippen molar-refractivity contribution in [2.75, 3.05) is 17.2 Å². The first-order valence-electron chi connectivity index (χ1n) is 11.6. The minimum atomic E-state index is -0.0604. The summed E-state index contributed by atoms with van der Waals surface area (Å²) in [7, 11) is 0. The largest absolute Gasteiger partial charge is 0.367 e. The van der Waals surface area contributed by atoms with Gasteiger partial charge in [-0.05, 0) is 57.6 Å². The topological polar surface area (TPSA) is 106 Å². The summed E-state index contributed by atoms with van der Waals surface area (Å²) in [6, 6.07) is 12.0. The molecule has 1 saturated carbocycles. The van der Waals surface area contributed by atoms with E-state index in [-0.39, 0.29) is 5.41 Å². The van der Waals surface area contributed by atoms with Crippen LogP contribution in [-0.4, -0.2) is 49.7 Å². The number of fused-ring (bicyclic) bond motifs is 3. The molecule has 0 aromatic carbocycles. The third-order valence-electron chi connectivity index (χ3n) is 7.36. The first-order valence-corrected chi connectivity index (χ1v) is 11.6. The molecule has 1 unspecified atom stereocenters. The van der Waals surface area contributed by atoms with Gasteiger partial charge in [0.1, 0.15) is 11.6 Å². The fraction of sp³-hybridized carbons (Fsp3) is 0.500. The molecule has 2 saturated heterocycles. The molecular formula is C24H28N8. The average molecular weight is 429 g/mol. The Hall–Kier alpha value is -3.18. The second-order valence-electron chi connectivity index (χ2n) is 9.75. The molecular weight excluding hydrogens is 400 g/mol. The number of hydrogen-bond acceptors (Lipinski definition) is 7. The molecule has 1 aliphatic carbocycles. The molecule has 3 aromatic heterocycles. The zero-order valence-electron chi connectivity index (χ0n) is 18.3. The molecule has 8 heteroatoms. The van der Waals surface area contributed by atoms with Crippen LogP contribution in [0.2, 0.25) is 0 Å². The van der Waals surface area contributed by atoms with E-state index in [0.29, 0.717) is 18.1 Å². The predicted octanol–water partition coefficient (Wildman–Crippen LogP) is 4.12. The number of pyridine rings is 2. The van der Waals surface area contributed by atoms with Crippen LogP contribution in [0.4, 0.5) is 17.5 Å². The minimum Gasteiger partial charge on any atom is -0.367 e. The van der Waals surface area contributed by atoms with Crippen LogP contribution < -0.4 is 10.6 Å². The molecule has 164 valence electrons. The van der Waals surface area contributed by atoms with Crippen molar-refractivity contribution in [1.29, 1.82) is 5.26 Å². The lowest BCUT2D eigenvalue weighted by atomic mass is 9.95. The smallest absolute Gasteiger partial charge is 0.153 e. The molecule has 3 fully saturated rings. The highest BCUT2D eigenvalue weighted by Crippen LogP contribution is 2.49. The van der Waals surface area contributed by atoms with Gasteiger partial charge in [-0.1, -0.05) is 0 Å². The molecule has 0 radical (unpaired) electrons. The van der Waals surface area contributed by atoms with Gasteiger partial charge in [-0.3, -0.25) is 15.0 Å². The van der Waals surface area contributed by atoms with Crippen LogP contribution in [0.25, 0.3) is 10.9 Å². The Labute approximate surface area is 187 Å². The van der Waals surface area contributed by atoms with Crippen molar-refractivity contribution in [1.82, 2.24) is 25.1 Å². The number of hydrogen-bond donors (Lipinski definition) is 3. The fourth-order valence-electron chi connectivity index (χ4n) is 5.51. The molecule has 5 heterocycles. The summed E-state index contributed by atoms with van der Waals surface area (Å²) >= 11 is 0. The Bertz CT molecular complexity index is 1180. The van der Waals surface area contributed by atoms with E-state index in [4.69, 9.17) is 4.98 Å². The van der Waals surface area contributed by atoms with Crippen LogP contribution in [0.5, 0.6) is 0 Å². The maximum Gasteiger partial charge on any atom is 0.153 e. The van der Waals surface area contributed by atoms with Gasteiger partial charge in [0.15, 0.2) is 5.82 Å². The van der Waals surface area contributed by atoms with E-state index >= 15 is 0 Å². The number of nitrogens with one attached hydrogen (secondary N) is 3. The molecule has 3 atom stereocenters. The van der Waals surface area contributed by atoms with Gasteiger partial charge in [0.25, 0.3) is 0 Å². The summed E-state index contributed by atoms with van der Waals surface area (Å²) < 4.78 is 0. The molecule has 2 bridgehead atoms. The van der Waals surface area contributed by atoms with Gasteiger partial charge in [0, 0.05) is 54.1 Å². The summed E-state index contributed by atoms with van der Waals surface area (Å²) in [6.45, 7) is 2.93. The van der Waals surface area contributed by atoms with Crippen LogP contribution in [-0.2, 0) is 0 Å². The van der Waals surface area contributed by atoms with Crippen molar-refractivity contribution in [3.8, 4) is 6.07 Å². The van der Waals surface area contributed by atoms with Gasteiger partial charge in [-0.15, -0.1) is 0 Å². The van der Waals surface area contributed by atoms with E-state index < -0.39 is 0 Å². The number of rotatable bonds is 6. The minimum absolute atomic E-state index is 0.0604. The summed E-state index contributed by atoms with van der Waals surface area (Å²) in [4.78, 5) is 12.1. The summed E-state index contributed by atoms with van der Waals surface area (Å²) in [5, 5.41) is 24.9. The van der Waals surface area contributed by atoms with Gasteiger partial charge >= 0.3 is 0 Å². The average Bonchev–Trinajstić information content (AvgIpc) is 3.40. The van der Waals surface area contributed by atoms with E-state index in [0.717, 1.165) is 66.3 Å². The van der Waals surface area contributed by atoms with E-state index in [9.17, 15) is 5.26 Å². The lowest BCUT2D eigenvalue weighted by Crippen LogP contribution is -2.48. The third-order valence-corrected chi connectivity index (χ3v) is 7.36. The molecule has 2 aliphatic heterocycles. The molecule has 0 spiro atoms. The maximum absolute atomic E-state index is 9.55. The first-order chi connectivity index (χ1) is 15.6. The highest BCUT2D eigenvalue weighted by Gasteiger charge is 2.50. The lowest BCUT2D eigenvalue weighted by Gasteiger charge is -2.40. The van der Waals surface area contributed by atoms with Gasteiger partial charge in [0.05, 0.1) is 17.0 Å². The van der Waals surface area contributed by atoms with Crippen LogP contribution in [0, 0.1) is 23.7 Å². The Morgan fingerprint density at radius 3 is 2.72 bits per heavy atom. The number of aromatic amines is 1. The number of nitrogens with zero attached hydrogens (tertiary/aromatic N) is 5. The molecule has 8 nitrogen and oxygen atoms in total. The zero-order chi connectivity index (χ0) is 21.7. The summed E-state index contributed by atoms with van der Waals surface area (Å²) in [5.74, 6) is 2.35. The van der Waals surface area contributed by atoms with Gasteiger partial charge in [-0.2, -0.15) is 10.4 Å². The van der Waals surface area contributed by atoms with E-state index in [1.165, 1.54) is 12.8 Å². The van der Waals surface area contributed by atoms with Crippen molar-refractivity contribution >= 4 is 28.4 Å². The van der Waals surface area contributed by atoms with E-state index in [2.05, 4.69) is 42.9 Å². The van der Waals surface area contributed by atoms with Crippen molar-refractivity contribution in [2.24, 2.45) is 5.41 Å². The summed E-state index contributed by atoms with van der Waals surface area (Å²) in [6.07, 6.45) is 8.62. The highest BCUT2D eigenvalue weighted by atomic mass is 15.2. The molecule has 3 aliphatic rings. The van der Waals surface area contributed by atoms with Crippen LogP contribution >= 0.6 is 0 Å². The van der Waals surface area contributed by atoms with Crippen molar-refractivity contribution < 1.29 is 0 Å². The normalized spacial score (nSPS) is 26.1. The van der Waals surface area contributed by atoms with Gasteiger partial charge in [-0.25, -0.2) is 4.98 Å². The second-order valence-corrected chi connectivity index (χ2v) is 9.75. The van der Waals surface area contributed by atoms with Gasteiger partial charge in [0.2, 0.25) is 0 Å². The number of aryl methyl sites for hydroxylation is 1. The van der Waals surface area contributed by atoms with E-state index in [1.54, 1.807) is 0 Å². The highest BCUT2D eigenvalue weighted by molar-refractivity contribution is 5.91. The molecule has 6 rings (SSSR count). The Kier molecular flexibility index (Phi) is 4.54. The number of H-pyrrole nitrogens is 1. The second kappa shape index (κ2) is 7.45. The quantitative estimate of drug-likeness (QED) is 0.542.